The van der Waals surface area contributed by atoms with Crippen LogP contribution in [0.5, 0.6) is 5.75 Å². The minimum Gasteiger partial charge on any atom is -0.494 e. The predicted molar refractivity (Wildman–Crippen MR) is 117 cm³/mol. The van der Waals surface area contributed by atoms with Crippen LogP contribution in [0.3, 0.4) is 0 Å². The molecule has 1 N–H and O–H groups in total. The first-order valence-corrected chi connectivity index (χ1v) is 11.5. The van der Waals surface area contributed by atoms with E-state index in [4.69, 9.17) is 9.47 Å². The van der Waals surface area contributed by atoms with Crippen LogP contribution in [0, 0.1) is 0 Å². The molecule has 0 heterocycles. The summed E-state index contributed by atoms with van der Waals surface area (Å²) in [6.45, 7) is 4.12. The first-order valence-electron chi connectivity index (χ1n) is 10.1. The number of hydrogen-bond acceptors (Lipinski definition) is 6. The fourth-order valence-electron chi connectivity index (χ4n) is 2.79. The molecule has 8 nitrogen and oxygen atoms in total. The first kappa shape index (κ1) is 24.4. The van der Waals surface area contributed by atoms with Crippen molar-refractivity contribution in [2.75, 3.05) is 31.6 Å². The van der Waals surface area contributed by atoms with Gasteiger partial charge in [0, 0.05) is 25.2 Å². The molecule has 2 rings (SSSR count). The van der Waals surface area contributed by atoms with Gasteiger partial charge in [-0.3, -0.25) is 9.59 Å². The Kier molecular flexibility index (Phi) is 9.48. The van der Waals surface area contributed by atoms with Gasteiger partial charge in [-0.15, -0.1) is 0 Å². The maximum Gasteiger partial charge on any atom is 0.306 e. The Bertz CT molecular complexity index is 959. The average Bonchev–Trinajstić information content (AvgIpc) is 2.77. The largest absolute Gasteiger partial charge is 0.494 e. The van der Waals surface area contributed by atoms with Crippen molar-refractivity contribution in [3.8, 4) is 5.75 Å². The molecule has 0 radical (unpaired) electrons. The molecule has 0 saturated heterocycles. The number of amides is 1. The summed E-state index contributed by atoms with van der Waals surface area (Å²) in [5, 5.41) is 2.55. The summed E-state index contributed by atoms with van der Waals surface area (Å²) >= 11 is 0. The van der Waals surface area contributed by atoms with E-state index in [9.17, 15) is 18.0 Å². The van der Waals surface area contributed by atoms with Crippen LogP contribution in [0.1, 0.15) is 26.7 Å². The highest BCUT2D eigenvalue weighted by atomic mass is 32.2. The van der Waals surface area contributed by atoms with Crippen LogP contribution in [0.2, 0.25) is 0 Å². The maximum atomic E-state index is 12.6. The summed E-state index contributed by atoms with van der Waals surface area (Å²) in [7, 11) is -3.63. The number of esters is 1. The maximum absolute atomic E-state index is 12.6. The fourth-order valence-corrected chi connectivity index (χ4v) is 4.29. The summed E-state index contributed by atoms with van der Waals surface area (Å²) in [4.78, 5) is 23.9. The highest BCUT2D eigenvalue weighted by Gasteiger charge is 2.21. The van der Waals surface area contributed by atoms with Crippen LogP contribution >= 0.6 is 0 Å². The van der Waals surface area contributed by atoms with Crippen LogP contribution in [-0.2, 0) is 24.3 Å². The molecule has 0 fully saturated rings. The van der Waals surface area contributed by atoms with Gasteiger partial charge in [0.15, 0.2) is 6.61 Å². The number of nitrogens with one attached hydrogen (secondary N) is 1. The van der Waals surface area contributed by atoms with Gasteiger partial charge < -0.3 is 14.8 Å². The van der Waals surface area contributed by atoms with Crippen molar-refractivity contribution >= 4 is 27.6 Å². The number of carbonyl (C=O) groups excluding carboxylic acids is 2. The zero-order valence-corrected chi connectivity index (χ0v) is 18.6. The minimum absolute atomic E-state index is 0.0874. The molecule has 1 amide bonds. The van der Waals surface area contributed by atoms with Crippen molar-refractivity contribution in [3.63, 3.8) is 0 Å². The monoisotopic (exact) mass is 448 g/mol. The molecule has 0 unspecified atom stereocenters. The molecule has 0 aliphatic carbocycles. The zero-order chi connectivity index (χ0) is 22.7. The topological polar surface area (TPSA) is 102 Å². The van der Waals surface area contributed by atoms with Gasteiger partial charge in [-0.25, -0.2) is 8.42 Å². The Morgan fingerprint density at radius 3 is 2.39 bits per heavy atom. The number of hydrogen-bond donors (Lipinski definition) is 1. The van der Waals surface area contributed by atoms with Crippen LogP contribution < -0.4 is 10.1 Å². The van der Waals surface area contributed by atoms with Gasteiger partial charge in [0.05, 0.1) is 11.5 Å². The van der Waals surface area contributed by atoms with Gasteiger partial charge >= 0.3 is 5.97 Å². The second-order valence-corrected chi connectivity index (χ2v) is 8.53. The normalized spacial score (nSPS) is 11.2. The standard InChI is InChI=1S/C22H28N2O6S/c1-3-24(4-2)31(27,28)20-13-8-10-18(16-20)23-21(25)17-30-22(26)14-9-15-29-19-11-6-5-7-12-19/h5-8,10-13,16H,3-4,9,14-15,17H2,1-2H3,(H,23,25). The summed E-state index contributed by atoms with van der Waals surface area (Å²) in [5.74, 6) is -0.337. The smallest absolute Gasteiger partial charge is 0.306 e. The van der Waals surface area contributed by atoms with Crippen molar-refractivity contribution in [2.24, 2.45) is 0 Å². The molecule has 168 valence electrons. The number of benzene rings is 2. The SMILES string of the molecule is CCN(CC)S(=O)(=O)c1cccc(NC(=O)COC(=O)CCCOc2ccccc2)c1. The second-order valence-electron chi connectivity index (χ2n) is 6.59. The van der Waals surface area contributed by atoms with Crippen LogP contribution in [0.15, 0.2) is 59.5 Å². The molecule has 2 aromatic rings. The lowest BCUT2D eigenvalue weighted by Gasteiger charge is -2.18. The Morgan fingerprint density at radius 2 is 1.71 bits per heavy atom. The number of sulfonamides is 1. The lowest BCUT2D eigenvalue weighted by atomic mass is 10.3. The number of para-hydroxylation sites is 1. The molecule has 0 aromatic heterocycles. The van der Waals surface area contributed by atoms with Gasteiger partial charge in [0.2, 0.25) is 10.0 Å². The van der Waals surface area contributed by atoms with Crippen LogP contribution in [0.4, 0.5) is 5.69 Å². The van der Waals surface area contributed by atoms with Crippen molar-refractivity contribution < 1.29 is 27.5 Å². The third-order valence-electron chi connectivity index (χ3n) is 4.36. The summed E-state index contributed by atoms with van der Waals surface area (Å²) in [6.07, 6.45) is 0.582. The van der Waals surface area contributed by atoms with E-state index < -0.39 is 28.5 Å². The molecule has 0 aliphatic heterocycles. The third-order valence-corrected chi connectivity index (χ3v) is 6.41. The third kappa shape index (κ3) is 7.69. The lowest BCUT2D eigenvalue weighted by Crippen LogP contribution is -2.30. The summed E-state index contributed by atoms with van der Waals surface area (Å²) in [5.41, 5.74) is 0.311. The number of carbonyl (C=O) groups is 2. The Labute approximate surface area is 183 Å². The van der Waals surface area contributed by atoms with E-state index in [-0.39, 0.29) is 11.3 Å². The number of anilines is 1. The van der Waals surface area contributed by atoms with E-state index in [1.807, 2.05) is 30.3 Å². The van der Waals surface area contributed by atoms with Gasteiger partial charge in [-0.2, -0.15) is 4.31 Å². The molecule has 9 heteroatoms. The lowest BCUT2D eigenvalue weighted by molar-refractivity contribution is -0.147. The quantitative estimate of drug-likeness (QED) is 0.396. The molecule has 31 heavy (non-hydrogen) atoms. The molecular weight excluding hydrogens is 420 g/mol. The predicted octanol–water partition coefficient (Wildman–Crippen LogP) is 3.06. The zero-order valence-electron chi connectivity index (χ0n) is 17.7. The second kappa shape index (κ2) is 12.1. The Hall–Kier alpha value is -2.91. The minimum atomic E-state index is -3.63. The molecular formula is C22H28N2O6S. The number of nitrogens with zero attached hydrogens (tertiary/aromatic N) is 1. The number of ether oxygens (including phenoxy) is 2. The Morgan fingerprint density at radius 1 is 1.00 bits per heavy atom. The van der Waals surface area contributed by atoms with Crippen LogP contribution in [-0.4, -0.2) is 50.9 Å². The summed E-state index contributed by atoms with van der Waals surface area (Å²) < 4.78 is 37.0. The Balaban J connectivity index is 1.77. The highest BCUT2D eigenvalue weighted by molar-refractivity contribution is 7.89. The van der Waals surface area contributed by atoms with E-state index in [1.165, 1.54) is 16.4 Å². The van der Waals surface area contributed by atoms with Gasteiger partial charge in [-0.05, 0) is 36.8 Å². The fraction of sp³-hybridized carbons (Fsp3) is 0.364. The number of rotatable bonds is 12. The molecule has 0 saturated carbocycles. The van der Waals surface area contributed by atoms with E-state index in [1.54, 1.807) is 26.0 Å². The summed E-state index contributed by atoms with van der Waals surface area (Å²) in [6, 6.07) is 15.2. The van der Waals surface area contributed by atoms with Gasteiger partial charge in [-0.1, -0.05) is 38.1 Å². The van der Waals surface area contributed by atoms with Crippen molar-refractivity contribution in [2.45, 2.75) is 31.6 Å². The van der Waals surface area contributed by atoms with E-state index >= 15 is 0 Å². The molecule has 0 atom stereocenters. The van der Waals surface area contributed by atoms with Crippen LogP contribution in [0.25, 0.3) is 0 Å². The van der Waals surface area contributed by atoms with E-state index in [0.29, 0.717) is 31.8 Å². The highest BCUT2D eigenvalue weighted by Crippen LogP contribution is 2.19. The molecule has 0 aliphatic rings. The van der Waals surface area contributed by atoms with E-state index in [2.05, 4.69) is 5.32 Å². The van der Waals surface area contributed by atoms with Crippen molar-refractivity contribution in [1.29, 1.82) is 0 Å². The molecule has 2 aromatic carbocycles. The van der Waals surface area contributed by atoms with Gasteiger partial charge in [0.25, 0.3) is 5.91 Å². The first-order chi connectivity index (χ1) is 14.9. The van der Waals surface area contributed by atoms with Crippen molar-refractivity contribution in [1.82, 2.24) is 4.31 Å². The van der Waals surface area contributed by atoms with E-state index in [0.717, 1.165) is 5.75 Å². The average molecular weight is 449 g/mol. The van der Waals surface area contributed by atoms with Gasteiger partial charge in [0.1, 0.15) is 5.75 Å². The molecule has 0 spiro atoms. The molecule has 0 bridgehead atoms. The van der Waals surface area contributed by atoms with Crippen molar-refractivity contribution in [3.05, 3.63) is 54.6 Å².